The number of hydrogen-bond acceptors (Lipinski definition) is 6. The molecule has 0 saturated carbocycles. The molecule has 4 aromatic carbocycles. The van der Waals surface area contributed by atoms with E-state index in [0.717, 1.165) is 65.8 Å². The molecule has 5 aromatic rings. The van der Waals surface area contributed by atoms with Crippen LogP contribution in [0.1, 0.15) is 70.3 Å². The Bertz CT molecular complexity index is 1840. The summed E-state index contributed by atoms with van der Waals surface area (Å²) in [5.41, 5.74) is 6.25. The van der Waals surface area contributed by atoms with E-state index in [-0.39, 0.29) is 36.5 Å². The number of para-hydroxylation sites is 2. The summed E-state index contributed by atoms with van der Waals surface area (Å²) in [4.78, 5) is 30.7. The Kier molecular flexibility index (Phi) is 9.30. The molecule has 3 N–H and O–H groups in total. The van der Waals surface area contributed by atoms with Crippen LogP contribution in [0.3, 0.4) is 0 Å². The minimum Gasteiger partial charge on any atom is -0.392 e. The van der Waals surface area contributed by atoms with Crippen molar-refractivity contribution in [1.29, 1.82) is 0 Å². The Hall–Kier alpha value is -4.54. The normalized spacial score (nSPS) is 20.7. The number of ether oxygens (including phenoxy) is 2. The van der Waals surface area contributed by atoms with Crippen LogP contribution in [0.5, 0.6) is 0 Å². The summed E-state index contributed by atoms with van der Waals surface area (Å²) in [5.74, 6) is -0.107. The number of carbonyl (C=O) groups is 1. The molecule has 2 aliphatic rings. The predicted molar refractivity (Wildman–Crippen MR) is 180 cm³/mol. The van der Waals surface area contributed by atoms with Gasteiger partial charge in [0.15, 0.2) is 6.29 Å². The minimum absolute atomic E-state index is 0.00105. The molecular weight excluding hydrogens is 592 g/mol. The lowest BCUT2D eigenvalue weighted by molar-refractivity contribution is -0.253. The second kappa shape index (κ2) is 14.1. The summed E-state index contributed by atoms with van der Waals surface area (Å²) < 4.78 is 15.1. The number of carbonyl (C=O) groups excluding carboxylic acids is 1. The molecule has 2 saturated heterocycles. The fraction of sp³-hybridized carbons (Fsp3) is 0.316. The molecule has 9 nitrogen and oxygen atoms in total. The molecule has 3 unspecified atom stereocenters. The maximum absolute atomic E-state index is 12.8. The van der Waals surface area contributed by atoms with E-state index in [9.17, 15) is 14.7 Å². The van der Waals surface area contributed by atoms with Crippen molar-refractivity contribution < 1.29 is 19.4 Å². The number of hydrogen-bond donors (Lipinski definition) is 3. The van der Waals surface area contributed by atoms with E-state index in [1.54, 1.807) is 12.1 Å². The maximum Gasteiger partial charge on any atom is 0.326 e. The Morgan fingerprint density at radius 1 is 0.830 bits per heavy atom. The summed E-state index contributed by atoms with van der Waals surface area (Å²) >= 11 is 0. The third-order valence-corrected chi connectivity index (χ3v) is 9.36. The monoisotopic (exact) mass is 632 g/mol. The smallest absolute Gasteiger partial charge is 0.326 e. The van der Waals surface area contributed by atoms with Crippen molar-refractivity contribution >= 4 is 16.9 Å². The highest BCUT2D eigenvalue weighted by Gasteiger charge is 2.34. The van der Waals surface area contributed by atoms with Gasteiger partial charge < -0.3 is 29.8 Å². The van der Waals surface area contributed by atoms with Gasteiger partial charge in [-0.05, 0) is 53.8 Å². The van der Waals surface area contributed by atoms with Gasteiger partial charge in [0.1, 0.15) is 0 Å². The number of benzene rings is 4. The van der Waals surface area contributed by atoms with Crippen molar-refractivity contribution in [2.24, 2.45) is 0 Å². The Morgan fingerprint density at radius 2 is 1.51 bits per heavy atom. The van der Waals surface area contributed by atoms with Crippen LogP contribution in [0, 0.1) is 0 Å². The van der Waals surface area contributed by atoms with E-state index in [1.807, 2.05) is 95.6 Å². The average molecular weight is 633 g/mol. The van der Waals surface area contributed by atoms with Crippen LogP contribution in [0.4, 0.5) is 0 Å². The first-order chi connectivity index (χ1) is 23.0. The molecule has 2 aliphatic heterocycles. The lowest BCUT2D eigenvalue weighted by Crippen LogP contribution is -2.43. The average Bonchev–Trinajstić information content (AvgIpc) is 3.47. The molecule has 1 aromatic heterocycles. The zero-order valence-corrected chi connectivity index (χ0v) is 26.3. The molecule has 0 spiro atoms. The van der Waals surface area contributed by atoms with Gasteiger partial charge in [-0.15, -0.1) is 0 Å². The molecule has 0 aliphatic carbocycles. The molecule has 2 fully saturated rings. The first kappa shape index (κ1) is 31.1. The van der Waals surface area contributed by atoms with Crippen LogP contribution in [-0.4, -0.2) is 51.2 Å². The molecule has 3 atom stereocenters. The van der Waals surface area contributed by atoms with Gasteiger partial charge in [0.05, 0.1) is 29.8 Å². The SMILES string of the molecule is O=C(NCc1ccc(C2OC(CN3CCC(n4c(=O)[nH]c5ccccc54)CC3)CC(c3ccc(CO)cc3)O2)cc1)c1ccccc1. The van der Waals surface area contributed by atoms with Crippen molar-refractivity contribution in [3.63, 3.8) is 0 Å². The standard InChI is InChI=1S/C38H40N4O5/c43-25-27-12-14-28(15-13-27)35-22-32(24-41-20-18-31(19-21-41)42-34-9-5-4-8-33(34)40-38(42)45)46-37(47-35)30-16-10-26(11-17-30)23-39-36(44)29-6-2-1-3-7-29/h1-17,31-32,35,37,43H,18-25H2,(H,39,44)(H,40,45). The number of aromatic nitrogens is 2. The topological polar surface area (TPSA) is 109 Å². The van der Waals surface area contributed by atoms with Crippen LogP contribution in [-0.2, 0) is 22.6 Å². The first-order valence-electron chi connectivity index (χ1n) is 16.4. The number of aromatic amines is 1. The quantitative estimate of drug-likeness (QED) is 0.194. The largest absolute Gasteiger partial charge is 0.392 e. The van der Waals surface area contributed by atoms with Crippen LogP contribution >= 0.6 is 0 Å². The number of rotatable bonds is 9. The van der Waals surface area contributed by atoms with Crippen molar-refractivity contribution in [3.8, 4) is 0 Å². The highest BCUT2D eigenvalue weighted by Crippen LogP contribution is 2.38. The van der Waals surface area contributed by atoms with Crippen molar-refractivity contribution in [1.82, 2.24) is 19.8 Å². The second-order valence-electron chi connectivity index (χ2n) is 12.5. The number of amides is 1. The number of aliphatic hydroxyl groups excluding tert-OH is 1. The zero-order valence-electron chi connectivity index (χ0n) is 26.3. The molecule has 7 rings (SSSR count). The van der Waals surface area contributed by atoms with Crippen molar-refractivity contribution in [3.05, 3.63) is 141 Å². The van der Waals surface area contributed by atoms with Gasteiger partial charge in [0, 0.05) is 49.8 Å². The zero-order chi connectivity index (χ0) is 32.2. The van der Waals surface area contributed by atoms with E-state index in [0.29, 0.717) is 18.5 Å². The van der Waals surface area contributed by atoms with Crippen LogP contribution in [0.15, 0.2) is 108 Å². The maximum atomic E-state index is 12.8. The lowest BCUT2D eigenvalue weighted by Gasteiger charge is -2.40. The number of fused-ring (bicyclic) bond motifs is 1. The Labute approximate surface area is 273 Å². The summed E-state index contributed by atoms with van der Waals surface area (Å²) in [5, 5.41) is 12.5. The molecule has 0 bridgehead atoms. The molecular formula is C38H40N4O5. The van der Waals surface area contributed by atoms with Crippen molar-refractivity contribution in [2.75, 3.05) is 19.6 Å². The second-order valence-corrected chi connectivity index (χ2v) is 12.5. The fourth-order valence-electron chi connectivity index (χ4n) is 6.78. The van der Waals surface area contributed by atoms with Crippen LogP contribution in [0.25, 0.3) is 11.0 Å². The van der Waals surface area contributed by atoms with Gasteiger partial charge in [-0.3, -0.25) is 9.36 Å². The summed E-state index contributed by atoms with van der Waals surface area (Å²) in [6, 6.07) is 33.2. The molecule has 242 valence electrons. The molecule has 3 heterocycles. The summed E-state index contributed by atoms with van der Waals surface area (Å²) in [7, 11) is 0. The molecule has 47 heavy (non-hydrogen) atoms. The third kappa shape index (κ3) is 7.08. The number of imidazole rings is 1. The Balaban J connectivity index is 1.02. The van der Waals surface area contributed by atoms with E-state index in [2.05, 4.69) is 15.2 Å². The predicted octanol–water partition coefficient (Wildman–Crippen LogP) is 5.63. The molecule has 0 radical (unpaired) electrons. The number of piperidine rings is 1. The molecule has 9 heteroatoms. The van der Waals surface area contributed by atoms with E-state index < -0.39 is 6.29 Å². The molecule has 1 amide bonds. The number of nitrogens with one attached hydrogen (secondary N) is 2. The number of aliphatic hydroxyl groups is 1. The highest BCUT2D eigenvalue weighted by atomic mass is 16.7. The number of likely N-dealkylation sites (tertiary alicyclic amines) is 1. The van der Waals surface area contributed by atoms with E-state index >= 15 is 0 Å². The minimum atomic E-state index is -0.549. The van der Waals surface area contributed by atoms with Gasteiger partial charge in [-0.25, -0.2) is 4.79 Å². The lowest BCUT2D eigenvalue weighted by atomic mass is 9.98. The van der Waals surface area contributed by atoms with Crippen LogP contribution in [0.2, 0.25) is 0 Å². The van der Waals surface area contributed by atoms with Gasteiger partial charge in [-0.2, -0.15) is 0 Å². The third-order valence-electron chi connectivity index (χ3n) is 9.36. The highest BCUT2D eigenvalue weighted by molar-refractivity contribution is 5.94. The van der Waals surface area contributed by atoms with Gasteiger partial charge in [0.25, 0.3) is 5.91 Å². The van der Waals surface area contributed by atoms with E-state index in [1.165, 1.54) is 0 Å². The Morgan fingerprint density at radius 3 is 2.26 bits per heavy atom. The van der Waals surface area contributed by atoms with E-state index in [4.69, 9.17) is 9.47 Å². The first-order valence-corrected chi connectivity index (χ1v) is 16.4. The number of H-pyrrole nitrogens is 1. The fourth-order valence-corrected chi connectivity index (χ4v) is 6.78. The number of nitrogens with zero attached hydrogens (tertiary/aromatic N) is 2. The van der Waals surface area contributed by atoms with Gasteiger partial charge in [0.2, 0.25) is 0 Å². The van der Waals surface area contributed by atoms with Gasteiger partial charge in [-0.1, -0.05) is 78.9 Å². The summed E-state index contributed by atoms with van der Waals surface area (Å²) in [6.07, 6.45) is 1.71. The summed E-state index contributed by atoms with van der Waals surface area (Å²) in [6.45, 7) is 2.94. The van der Waals surface area contributed by atoms with Gasteiger partial charge >= 0.3 is 5.69 Å². The van der Waals surface area contributed by atoms with Crippen LogP contribution < -0.4 is 11.0 Å². The van der Waals surface area contributed by atoms with Crippen molar-refractivity contribution in [2.45, 2.75) is 57.0 Å².